The Balaban J connectivity index is 1.90. The zero-order valence-electron chi connectivity index (χ0n) is 11.7. The molecular formula is C18H15ClN2. The molecule has 3 rings (SSSR count). The van der Waals surface area contributed by atoms with Gasteiger partial charge in [-0.15, -0.1) is 0 Å². The SMILES string of the molecule is Cc1ccc(C=Cc2cc(Cl)cc(-n3ccnc3)c2)cc1. The lowest BCUT2D eigenvalue weighted by atomic mass is 10.1. The monoisotopic (exact) mass is 294 g/mol. The molecule has 0 saturated carbocycles. The maximum Gasteiger partial charge on any atom is 0.0991 e. The van der Waals surface area contributed by atoms with Gasteiger partial charge in [-0.3, -0.25) is 0 Å². The van der Waals surface area contributed by atoms with Crippen LogP contribution in [0.2, 0.25) is 5.02 Å². The first kappa shape index (κ1) is 13.7. The Morgan fingerprint density at radius 3 is 2.48 bits per heavy atom. The van der Waals surface area contributed by atoms with Crippen molar-refractivity contribution >= 4 is 23.8 Å². The average Bonchev–Trinajstić information content (AvgIpc) is 3.00. The van der Waals surface area contributed by atoms with Crippen molar-refractivity contribution in [3.05, 3.63) is 82.9 Å². The molecule has 0 fully saturated rings. The normalized spacial score (nSPS) is 11.1. The molecule has 0 atom stereocenters. The molecule has 0 saturated heterocycles. The second-order valence-electron chi connectivity index (χ2n) is 4.96. The minimum Gasteiger partial charge on any atom is -0.306 e. The van der Waals surface area contributed by atoms with Gasteiger partial charge >= 0.3 is 0 Å². The van der Waals surface area contributed by atoms with Gasteiger partial charge in [-0.05, 0) is 36.2 Å². The summed E-state index contributed by atoms with van der Waals surface area (Å²) in [6.07, 6.45) is 9.57. The van der Waals surface area contributed by atoms with E-state index in [9.17, 15) is 0 Å². The number of aryl methyl sites for hydroxylation is 1. The zero-order chi connectivity index (χ0) is 14.7. The van der Waals surface area contributed by atoms with Crippen LogP contribution in [-0.4, -0.2) is 9.55 Å². The van der Waals surface area contributed by atoms with Gasteiger partial charge in [0.1, 0.15) is 0 Å². The summed E-state index contributed by atoms with van der Waals surface area (Å²) in [5.41, 5.74) is 4.50. The molecule has 104 valence electrons. The third-order valence-electron chi connectivity index (χ3n) is 3.25. The molecule has 0 aliphatic heterocycles. The fourth-order valence-corrected chi connectivity index (χ4v) is 2.36. The van der Waals surface area contributed by atoms with E-state index in [-0.39, 0.29) is 0 Å². The molecule has 0 bridgehead atoms. The molecule has 0 amide bonds. The van der Waals surface area contributed by atoms with Crippen molar-refractivity contribution in [3.63, 3.8) is 0 Å². The Bertz CT molecular complexity index is 756. The van der Waals surface area contributed by atoms with E-state index in [1.165, 1.54) is 11.1 Å². The molecule has 0 radical (unpaired) electrons. The van der Waals surface area contributed by atoms with Crippen LogP contribution in [0.25, 0.3) is 17.8 Å². The third kappa shape index (κ3) is 3.41. The fourth-order valence-electron chi connectivity index (χ4n) is 2.12. The number of aromatic nitrogens is 2. The Hall–Kier alpha value is -2.32. The predicted molar refractivity (Wildman–Crippen MR) is 88.7 cm³/mol. The predicted octanol–water partition coefficient (Wildman–Crippen LogP) is 5.00. The van der Waals surface area contributed by atoms with Crippen molar-refractivity contribution in [2.24, 2.45) is 0 Å². The molecule has 3 aromatic rings. The van der Waals surface area contributed by atoms with Crippen LogP contribution >= 0.6 is 11.6 Å². The van der Waals surface area contributed by atoms with Crippen LogP contribution < -0.4 is 0 Å². The summed E-state index contributed by atoms with van der Waals surface area (Å²) in [6, 6.07) is 14.4. The molecule has 21 heavy (non-hydrogen) atoms. The van der Waals surface area contributed by atoms with Gasteiger partial charge in [-0.25, -0.2) is 4.98 Å². The third-order valence-corrected chi connectivity index (χ3v) is 3.47. The Labute approximate surface area is 129 Å². The van der Waals surface area contributed by atoms with Gasteiger partial charge in [0.15, 0.2) is 0 Å². The minimum atomic E-state index is 0.713. The number of halogens is 1. The molecule has 2 nitrogen and oxygen atoms in total. The second-order valence-corrected chi connectivity index (χ2v) is 5.39. The summed E-state index contributed by atoms with van der Waals surface area (Å²) >= 11 is 6.20. The molecule has 1 aromatic heterocycles. The van der Waals surface area contributed by atoms with E-state index in [1.54, 1.807) is 12.5 Å². The van der Waals surface area contributed by atoms with Gasteiger partial charge < -0.3 is 4.57 Å². The lowest BCUT2D eigenvalue weighted by Gasteiger charge is -2.05. The van der Waals surface area contributed by atoms with E-state index in [4.69, 9.17) is 11.6 Å². The van der Waals surface area contributed by atoms with Crippen molar-refractivity contribution in [3.8, 4) is 5.69 Å². The Kier molecular flexibility index (Phi) is 3.89. The number of rotatable bonds is 3. The maximum atomic E-state index is 6.20. The van der Waals surface area contributed by atoms with Gasteiger partial charge in [0.25, 0.3) is 0 Å². The lowest BCUT2D eigenvalue weighted by molar-refractivity contribution is 1.06. The Morgan fingerprint density at radius 2 is 1.76 bits per heavy atom. The number of nitrogens with zero attached hydrogens (tertiary/aromatic N) is 2. The molecule has 0 unspecified atom stereocenters. The molecule has 2 aromatic carbocycles. The minimum absolute atomic E-state index is 0.713. The van der Waals surface area contributed by atoms with Crippen LogP contribution in [0.1, 0.15) is 16.7 Å². The summed E-state index contributed by atoms with van der Waals surface area (Å²) in [5.74, 6) is 0. The Morgan fingerprint density at radius 1 is 1.00 bits per heavy atom. The van der Waals surface area contributed by atoms with Crippen LogP contribution in [0, 0.1) is 6.92 Å². The van der Waals surface area contributed by atoms with E-state index >= 15 is 0 Å². The standard InChI is InChI=1S/C18H15ClN2/c1-14-2-4-15(5-3-14)6-7-16-10-17(19)12-18(11-16)21-9-8-20-13-21/h2-13H,1H3. The van der Waals surface area contributed by atoms with Crippen molar-refractivity contribution < 1.29 is 0 Å². The first-order valence-electron chi connectivity index (χ1n) is 6.74. The van der Waals surface area contributed by atoms with E-state index in [0.29, 0.717) is 5.02 Å². The maximum absolute atomic E-state index is 6.20. The van der Waals surface area contributed by atoms with Gasteiger partial charge in [-0.1, -0.05) is 53.6 Å². The van der Waals surface area contributed by atoms with Crippen LogP contribution in [0.15, 0.2) is 61.2 Å². The molecule has 0 aliphatic carbocycles. The largest absolute Gasteiger partial charge is 0.306 e. The van der Waals surface area contributed by atoms with Crippen LogP contribution in [0.4, 0.5) is 0 Å². The molecule has 1 heterocycles. The zero-order valence-corrected chi connectivity index (χ0v) is 12.5. The van der Waals surface area contributed by atoms with E-state index < -0.39 is 0 Å². The van der Waals surface area contributed by atoms with Gasteiger partial charge in [0, 0.05) is 23.1 Å². The van der Waals surface area contributed by atoms with Crippen LogP contribution in [0.3, 0.4) is 0 Å². The lowest BCUT2D eigenvalue weighted by Crippen LogP contribution is -1.90. The van der Waals surface area contributed by atoms with Crippen molar-refractivity contribution in [1.29, 1.82) is 0 Å². The highest BCUT2D eigenvalue weighted by Gasteiger charge is 2.00. The molecule has 0 N–H and O–H groups in total. The summed E-state index contributed by atoms with van der Waals surface area (Å²) in [5, 5.41) is 0.713. The summed E-state index contributed by atoms with van der Waals surface area (Å²) < 4.78 is 1.94. The van der Waals surface area contributed by atoms with E-state index in [1.807, 2.05) is 22.9 Å². The highest BCUT2D eigenvalue weighted by atomic mass is 35.5. The number of benzene rings is 2. The summed E-state index contributed by atoms with van der Waals surface area (Å²) in [4.78, 5) is 4.06. The van der Waals surface area contributed by atoms with Gasteiger partial charge in [-0.2, -0.15) is 0 Å². The first-order valence-corrected chi connectivity index (χ1v) is 7.12. The molecular weight excluding hydrogens is 280 g/mol. The second kappa shape index (κ2) is 5.98. The van der Waals surface area contributed by atoms with Crippen molar-refractivity contribution in [1.82, 2.24) is 9.55 Å². The summed E-state index contributed by atoms with van der Waals surface area (Å²) in [7, 11) is 0. The van der Waals surface area contributed by atoms with E-state index in [0.717, 1.165) is 11.3 Å². The van der Waals surface area contributed by atoms with E-state index in [2.05, 4.69) is 54.4 Å². The number of hydrogen-bond acceptors (Lipinski definition) is 1. The number of imidazole rings is 1. The summed E-state index contributed by atoms with van der Waals surface area (Å²) in [6.45, 7) is 2.09. The first-order chi connectivity index (χ1) is 10.2. The smallest absolute Gasteiger partial charge is 0.0991 e. The average molecular weight is 295 g/mol. The topological polar surface area (TPSA) is 17.8 Å². The molecule has 3 heteroatoms. The van der Waals surface area contributed by atoms with Gasteiger partial charge in [0.2, 0.25) is 0 Å². The van der Waals surface area contributed by atoms with Gasteiger partial charge in [0.05, 0.1) is 6.33 Å². The fraction of sp³-hybridized carbons (Fsp3) is 0.0556. The van der Waals surface area contributed by atoms with Crippen molar-refractivity contribution in [2.45, 2.75) is 6.92 Å². The quantitative estimate of drug-likeness (QED) is 0.621. The highest BCUT2D eigenvalue weighted by Crippen LogP contribution is 2.20. The van der Waals surface area contributed by atoms with Crippen LogP contribution in [-0.2, 0) is 0 Å². The van der Waals surface area contributed by atoms with Crippen LogP contribution in [0.5, 0.6) is 0 Å². The molecule has 0 spiro atoms. The number of hydrogen-bond donors (Lipinski definition) is 0. The molecule has 0 aliphatic rings. The van der Waals surface area contributed by atoms with Crippen molar-refractivity contribution in [2.75, 3.05) is 0 Å². The highest BCUT2D eigenvalue weighted by molar-refractivity contribution is 6.30.